The van der Waals surface area contributed by atoms with Crippen LogP contribution in [-0.2, 0) is 4.74 Å². The van der Waals surface area contributed by atoms with Gasteiger partial charge in [0.2, 0.25) is 0 Å². The molecular weight excluding hydrogens is 222 g/mol. The van der Waals surface area contributed by atoms with Gasteiger partial charge in [-0.15, -0.1) is 10.2 Å². The molecule has 4 nitrogen and oxygen atoms in total. The zero-order chi connectivity index (χ0) is 11.5. The number of nitrogens with zero attached hydrogens (tertiary/aromatic N) is 2. The van der Waals surface area contributed by atoms with Crippen LogP contribution in [-0.4, -0.2) is 29.5 Å². The molecule has 3 atom stereocenters. The molecule has 2 rings (SSSR count). The average Bonchev–Trinajstić information content (AvgIpc) is 2.86. The van der Waals surface area contributed by atoms with Gasteiger partial charge in [-0.3, -0.25) is 0 Å². The second-order valence-corrected chi connectivity index (χ2v) is 5.27. The van der Waals surface area contributed by atoms with Crippen molar-refractivity contribution in [2.24, 2.45) is 0 Å². The average molecular weight is 241 g/mol. The lowest BCUT2D eigenvalue weighted by molar-refractivity contribution is 0.118. The highest BCUT2D eigenvalue weighted by Gasteiger charge is 2.29. The first-order chi connectivity index (χ1) is 7.72. The molecule has 1 aromatic heterocycles. The highest BCUT2D eigenvalue weighted by atomic mass is 32.1. The molecule has 1 aliphatic rings. The molecule has 1 aliphatic heterocycles. The molecule has 0 radical (unpaired) electrons. The largest absolute Gasteiger partial charge is 0.378 e. The molecule has 90 valence electrons. The summed E-state index contributed by atoms with van der Waals surface area (Å²) in [5.41, 5.74) is 0. The van der Waals surface area contributed by atoms with E-state index in [9.17, 15) is 0 Å². The number of rotatable bonds is 4. The van der Waals surface area contributed by atoms with Crippen molar-refractivity contribution in [2.45, 2.75) is 45.3 Å². The van der Waals surface area contributed by atoms with Crippen molar-refractivity contribution < 1.29 is 4.74 Å². The summed E-state index contributed by atoms with van der Waals surface area (Å²) in [5.74, 6) is 0.445. The second kappa shape index (κ2) is 5.21. The zero-order valence-electron chi connectivity index (χ0n) is 10.1. The number of nitrogens with one attached hydrogen (secondary N) is 1. The van der Waals surface area contributed by atoms with Gasteiger partial charge in [0.1, 0.15) is 10.0 Å². The minimum Gasteiger partial charge on any atom is -0.378 e. The summed E-state index contributed by atoms with van der Waals surface area (Å²) in [6.07, 6.45) is 1.36. The highest BCUT2D eigenvalue weighted by Crippen LogP contribution is 2.33. The third-order valence-corrected chi connectivity index (χ3v) is 4.27. The lowest BCUT2D eigenvalue weighted by Gasteiger charge is -2.09. The van der Waals surface area contributed by atoms with Crippen molar-refractivity contribution >= 4 is 11.3 Å². The van der Waals surface area contributed by atoms with E-state index in [0.717, 1.165) is 29.6 Å². The Hall–Kier alpha value is -0.520. The Morgan fingerprint density at radius 3 is 3.00 bits per heavy atom. The van der Waals surface area contributed by atoms with Gasteiger partial charge >= 0.3 is 0 Å². The third kappa shape index (κ3) is 2.42. The molecule has 1 aromatic rings. The maximum Gasteiger partial charge on any atom is 0.134 e. The Bertz CT molecular complexity index is 342. The zero-order valence-corrected chi connectivity index (χ0v) is 10.9. The fourth-order valence-electron chi connectivity index (χ4n) is 2.02. The topological polar surface area (TPSA) is 47.0 Å². The van der Waals surface area contributed by atoms with Crippen molar-refractivity contribution in [2.75, 3.05) is 13.2 Å². The summed E-state index contributed by atoms with van der Waals surface area (Å²) in [7, 11) is 0. The number of aromatic nitrogens is 2. The van der Waals surface area contributed by atoms with Gasteiger partial charge in [-0.05, 0) is 26.8 Å². The van der Waals surface area contributed by atoms with E-state index in [-0.39, 0.29) is 6.10 Å². The van der Waals surface area contributed by atoms with Crippen LogP contribution >= 0.6 is 11.3 Å². The summed E-state index contributed by atoms with van der Waals surface area (Å²) in [5, 5.41) is 14.1. The molecule has 0 spiro atoms. The van der Waals surface area contributed by atoms with Crippen molar-refractivity contribution in [3.05, 3.63) is 10.0 Å². The molecule has 3 unspecified atom stereocenters. The van der Waals surface area contributed by atoms with Crippen LogP contribution in [0.2, 0.25) is 0 Å². The van der Waals surface area contributed by atoms with Crippen LogP contribution in [0, 0.1) is 0 Å². The van der Waals surface area contributed by atoms with E-state index in [2.05, 4.69) is 36.3 Å². The van der Waals surface area contributed by atoms with Gasteiger partial charge in [0, 0.05) is 12.5 Å². The Balaban J connectivity index is 2.06. The Kier molecular flexibility index (Phi) is 3.89. The molecule has 0 aliphatic carbocycles. The van der Waals surface area contributed by atoms with E-state index in [1.807, 2.05) is 0 Å². The van der Waals surface area contributed by atoms with Crippen LogP contribution in [0.25, 0.3) is 0 Å². The van der Waals surface area contributed by atoms with E-state index < -0.39 is 0 Å². The number of hydrogen-bond donors (Lipinski definition) is 1. The van der Waals surface area contributed by atoms with Crippen LogP contribution in [0.15, 0.2) is 0 Å². The maximum absolute atomic E-state index is 5.56. The van der Waals surface area contributed by atoms with Crippen molar-refractivity contribution in [3.63, 3.8) is 0 Å². The lowest BCUT2D eigenvalue weighted by Crippen LogP contribution is -2.17. The maximum atomic E-state index is 5.56. The molecule has 0 saturated carbocycles. The Morgan fingerprint density at radius 1 is 1.56 bits per heavy atom. The van der Waals surface area contributed by atoms with Crippen LogP contribution in [0.1, 0.15) is 49.2 Å². The second-order valence-electron chi connectivity index (χ2n) is 4.23. The molecule has 0 amide bonds. The molecule has 1 saturated heterocycles. The molecular formula is C11H19N3OS. The predicted octanol–water partition coefficient (Wildman–Crippen LogP) is 2.10. The summed E-state index contributed by atoms with van der Waals surface area (Å²) >= 11 is 1.72. The van der Waals surface area contributed by atoms with Crippen molar-refractivity contribution in [3.8, 4) is 0 Å². The SMILES string of the molecule is CCNC(C)c1nnc(C2CCOC2C)s1. The van der Waals surface area contributed by atoms with Crippen molar-refractivity contribution in [1.29, 1.82) is 0 Å². The van der Waals surface area contributed by atoms with Gasteiger partial charge in [-0.25, -0.2) is 0 Å². The summed E-state index contributed by atoms with van der Waals surface area (Å²) in [6, 6.07) is 0.300. The van der Waals surface area contributed by atoms with Gasteiger partial charge in [-0.1, -0.05) is 18.3 Å². The van der Waals surface area contributed by atoms with E-state index in [1.54, 1.807) is 11.3 Å². The van der Waals surface area contributed by atoms with Crippen molar-refractivity contribution in [1.82, 2.24) is 15.5 Å². The monoisotopic (exact) mass is 241 g/mol. The summed E-state index contributed by atoms with van der Waals surface area (Å²) in [4.78, 5) is 0. The normalized spacial score (nSPS) is 27.2. The molecule has 0 bridgehead atoms. The predicted molar refractivity (Wildman–Crippen MR) is 64.8 cm³/mol. The summed E-state index contributed by atoms with van der Waals surface area (Å²) in [6.45, 7) is 8.16. The van der Waals surface area contributed by atoms with Gasteiger partial charge < -0.3 is 10.1 Å². The molecule has 0 aromatic carbocycles. The third-order valence-electron chi connectivity index (χ3n) is 3.03. The Morgan fingerprint density at radius 2 is 2.38 bits per heavy atom. The van der Waals surface area contributed by atoms with Crippen LogP contribution in [0.3, 0.4) is 0 Å². The van der Waals surface area contributed by atoms with Crippen LogP contribution < -0.4 is 5.32 Å². The van der Waals surface area contributed by atoms with Gasteiger partial charge in [0.05, 0.1) is 12.1 Å². The molecule has 16 heavy (non-hydrogen) atoms. The molecule has 1 N–H and O–H groups in total. The fraction of sp³-hybridized carbons (Fsp3) is 0.818. The molecule has 2 heterocycles. The fourth-order valence-corrected chi connectivity index (χ4v) is 3.12. The van der Waals surface area contributed by atoms with E-state index in [1.165, 1.54) is 0 Å². The van der Waals surface area contributed by atoms with Gasteiger partial charge in [-0.2, -0.15) is 0 Å². The van der Waals surface area contributed by atoms with Crippen LogP contribution in [0.4, 0.5) is 0 Å². The first-order valence-electron chi connectivity index (χ1n) is 5.90. The smallest absolute Gasteiger partial charge is 0.134 e. The molecule has 1 fully saturated rings. The minimum atomic E-state index is 0.287. The number of hydrogen-bond acceptors (Lipinski definition) is 5. The van der Waals surface area contributed by atoms with Gasteiger partial charge in [0.25, 0.3) is 0 Å². The van der Waals surface area contributed by atoms with Crippen LogP contribution in [0.5, 0.6) is 0 Å². The van der Waals surface area contributed by atoms with Gasteiger partial charge in [0.15, 0.2) is 0 Å². The standard InChI is InChI=1S/C11H19N3OS/c1-4-12-7(2)10-13-14-11(16-10)9-5-6-15-8(9)3/h7-9,12H,4-6H2,1-3H3. The summed E-state index contributed by atoms with van der Waals surface area (Å²) < 4.78 is 5.56. The lowest BCUT2D eigenvalue weighted by atomic mass is 10.0. The van der Waals surface area contributed by atoms with E-state index in [4.69, 9.17) is 4.74 Å². The minimum absolute atomic E-state index is 0.287. The van der Waals surface area contributed by atoms with E-state index in [0.29, 0.717) is 12.0 Å². The first kappa shape index (κ1) is 12.0. The first-order valence-corrected chi connectivity index (χ1v) is 6.72. The highest BCUT2D eigenvalue weighted by molar-refractivity contribution is 7.11. The Labute approximate surface area is 100 Å². The number of ether oxygens (including phenoxy) is 1. The molecule has 5 heteroatoms. The quantitative estimate of drug-likeness (QED) is 0.877. The van der Waals surface area contributed by atoms with E-state index >= 15 is 0 Å².